The van der Waals surface area contributed by atoms with Gasteiger partial charge in [0.25, 0.3) is 0 Å². The van der Waals surface area contributed by atoms with Crippen molar-refractivity contribution in [2.24, 2.45) is 5.92 Å². The third kappa shape index (κ3) is 2.98. The number of rotatable bonds is 4. The van der Waals surface area contributed by atoms with E-state index in [-0.39, 0.29) is 18.1 Å². The summed E-state index contributed by atoms with van der Waals surface area (Å²) in [4.78, 5) is 10.6. The van der Waals surface area contributed by atoms with Crippen LogP contribution in [0.2, 0.25) is 0 Å². The molecule has 1 atom stereocenters. The summed E-state index contributed by atoms with van der Waals surface area (Å²) in [7, 11) is 0. The molecule has 18 heavy (non-hydrogen) atoms. The zero-order valence-corrected chi connectivity index (χ0v) is 11.0. The van der Waals surface area contributed by atoms with Gasteiger partial charge in [-0.3, -0.25) is 0 Å². The summed E-state index contributed by atoms with van der Waals surface area (Å²) in [6.07, 6.45) is 1.71. The number of aldehydes is 1. The number of hydrogen-bond acceptors (Lipinski definition) is 3. The van der Waals surface area contributed by atoms with E-state index in [4.69, 9.17) is 9.47 Å². The molecule has 1 aromatic rings. The summed E-state index contributed by atoms with van der Waals surface area (Å²) in [5.41, 5.74) is 2.54. The van der Waals surface area contributed by atoms with Crippen molar-refractivity contribution < 1.29 is 14.3 Å². The van der Waals surface area contributed by atoms with Crippen molar-refractivity contribution in [3.8, 4) is 0 Å². The lowest BCUT2D eigenvalue weighted by molar-refractivity contribution is -0.205. The predicted octanol–water partition coefficient (Wildman–Crippen LogP) is 2.54. The Morgan fingerprint density at radius 1 is 1.28 bits per heavy atom. The third-order valence-electron chi connectivity index (χ3n) is 3.46. The maximum Gasteiger partial charge on any atom is 0.164 e. The molecular formula is C15H20O3. The minimum atomic E-state index is -0.242. The van der Waals surface area contributed by atoms with Gasteiger partial charge in [-0.15, -0.1) is 0 Å². The second-order valence-corrected chi connectivity index (χ2v) is 4.82. The minimum absolute atomic E-state index is 0.115. The third-order valence-corrected chi connectivity index (χ3v) is 3.46. The summed E-state index contributed by atoms with van der Waals surface area (Å²) in [5.74, 6) is 0.0689. The largest absolute Gasteiger partial charge is 0.351 e. The van der Waals surface area contributed by atoms with Gasteiger partial charge in [0.2, 0.25) is 0 Å². The summed E-state index contributed by atoms with van der Waals surface area (Å²) in [6, 6.07) is 8.54. The van der Waals surface area contributed by atoms with Gasteiger partial charge in [0.15, 0.2) is 6.29 Å². The molecule has 1 aliphatic rings. The molecule has 1 aliphatic heterocycles. The van der Waals surface area contributed by atoms with Crippen LogP contribution in [0.25, 0.3) is 0 Å². The molecule has 0 saturated carbocycles. The first-order valence-corrected chi connectivity index (χ1v) is 6.52. The van der Waals surface area contributed by atoms with Crippen molar-refractivity contribution in [2.75, 3.05) is 13.2 Å². The molecule has 0 bridgehead atoms. The van der Waals surface area contributed by atoms with Crippen LogP contribution in [0.4, 0.5) is 0 Å². The van der Waals surface area contributed by atoms with Crippen LogP contribution in [0.15, 0.2) is 24.3 Å². The first kappa shape index (κ1) is 13.2. The molecule has 98 valence electrons. The van der Waals surface area contributed by atoms with Gasteiger partial charge >= 0.3 is 0 Å². The van der Waals surface area contributed by atoms with Crippen molar-refractivity contribution in [1.82, 2.24) is 0 Å². The molecule has 0 N–H and O–H groups in total. The van der Waals surface area contributed by atoms with E-state index in [0.717, 1.165) is 12.7 Å². The minimum Gasteiger partial charge on any atom is -0.351 e. The van der Waals surface area contributed by atoms with Crippen LogP contribution in [0.3, 0.4) is 0 Å². The number of carbonyl (C=O) groups is 1. The summed E-state index contributed by atoms with van der Waals surface area (Å²) < 4.78 is 11.2. The standard InChI is InChI=1S/C15H20O3/c1-3-12-4-6-14(7-5-12)11(2)15-17-9-13(8-16)10-18-15/h4-8,11,13,15H,3,9-10H2,1-2H3. The summed E-state index contributed by atoms with van der Waals surface area (Å²) in [6.45, 7) is 5.16. The topological polar surface area (TPSA) is 35.5 Å². The Kier molecular flexibility index (Phi) is 4.50. The van der Waals surface area contributed by atoms with E-state index in [9.17, 15) is 4.79 Å². The highest BCUT2D eigenvalue weighted by Crippen LogP contribution is 2.26. The van der Waals surface area contributed by atoms with E-state index < -0.39 is 0 Å². The lowest BCUT2D eigenvalue weighted by Crippen LogP contribution is -2.35. The lowest BCUT2D eigenvalue weighted by atomic mass is 9.98. The molecule has 0 aliphatic carbocycles. The van der Waals surface area contributed by atoms with Gasteiger partial charge < -0.3 is 14.3 Å². The molecular weight excluding hydrogens is 228 g/mol. The Bertz CT molecular complexity index is 377. The fourth-order valence-corrected chi connectivity index (χ4v) is 2.11. The predicted molar refractivity (Wildman–Crippen MR) is 69.5 cm³/mol. The lowest BCUT2D eigenvalue weighted by Gasteiger charge is -2.31. The van der Waals surface area contributed by atoms with E-state index in [0.29, 0.717) is 13.2 Å². The highest BCUT2D eigenvalue weighted by atomic mass is 16.7. The SMILES string of the molecule is CCc1ccc(C(C)C2OCC(C=O)CO2)cc1. The summed E-state index contributed by atoms with van der Waals surface area (Å²) in [5, 5.41) is 0. The Balaban J connectivity index is 1.98. The molecule has 1 heterocycles. The molecule has 1 aromatic carbocycles. The van der Waals surface area contributed by atoms with Crippen LogP contribution in [-0.2, 0) is 20.7 Å². The van der Waals surface area contributed by atoms with E-state index in [1.54, 1.807) is 0 Å². The van der Waals surface area contributed by atoms with Crippen molar-refractivity contribution in [2.45, 2.75) is 32.5 Å². The smallest absolute Gasteiger partial charge is 0.164 e. The highest BCUT2D eigenvalue weighted by Gasteiger charge is 2.27. The molecule has 3 heteroatoms. The average Bonchev–Trinajstić information content (AvgIpc) is 2.47. The van der Waals surface area contributed by atoms with Gasteiger partial charge in [0.05, 0.1) is 19.1 Å². The monoisotopic (exact) mass is 248 g/mol. The Hall–Kier alpha value is -1.19. The van der Waals surface area contributed by atoms with E-state index in [2.05, 4.69) is 38.1 Å². The van der Waals surface area contributed by atoms with Gasteiger partial charge in [-0.2, -0.15) is 0 Å². The Morgan fingerprint density at radius 3 is 2.39 bits per heavy atom. The molecule has 1 saturated heterocycles. The molecule has 0 spiro atoms. The second-order valence-electron chi connectivity index (χ2n) is 4.82. The molecule has 2 rings (SSSR count). The van der Waals surface area contributed by atoms with E-state index in [1.807, 2.05) is 0 Å². The second kappa shape index (κ2) is 6.12. The highest BCUT2D eigenvalue weighted by molar-refractivity contribution is 5.53. The van der Waals surface area contributed by atoms with Crippen LogP contribution < -0.4 is 0 Å². The first-order valence-electron chi connectivity index (χ1n) is 6.52. The zero-order chi connectivity index (χ0) is 13.0. The molecule has 1 unspecified atom stereocenters. The van der Waals surface area contributed by atoms with Crippen molar-refractivity contribution in [1.29, 1.82) is 0 Å². The quantitative estimate of drug-likeness (QED) is 0.768. The molecule has 0 aromatic heterocycles. The zero-order valence-electron chi connectivity index (χ0n) is 11.0. The maximum atomic E-state index is 10.6. The Morgan fingerprint density at radius 2 is 1.89 bits per heavy atom. The van der Waals surface area contributed by atoms with Crippen LogP contribution in [0, 0.1) is 5.92 Å². The van der Waals surface area contributed by atoms with Crippen molar-refractivity contribution in [3.63, 3.8) is 0 Å². The molecule has 3 nitrogen and oxygen atoms in total. The summed E-state index contributed by atoms with van der Waals surface area (Å²) >= 11 is 0. The number of hydrogen-bond donors (Lipinski definition) is 0. The normalized spacial score (nSPS) is 25.7. The Labute approximate surface area is 108 Å². The van der Waals surface area contributed by atoms with Gasteiger partial charge in [-0.05, 0) is 17.5 Å². The molecule has 0 amide bonds. The van der Waals surface area contributed by atoms with Crippen LogP contribution in [-0.4, -0.2) is 25.8 Å². The van der Waals surface area contributed by atoms with Crippen molar-refractivity contribution >= 4 is 6.29 Å². The number of ether oxygens (including phenoxy) is 2. The maximum absolute atomic E-state index is 10.6. The average molecular weight is 248 g/mol. The van der Waals surface area contributed by atoms with Gasteiger partial charge in [-0.25, -0.2) is 0 Å². The van der Waals surface area contributed by atoms with Gasteiger partial charge in [0, 0.05) is 5.92 Å². The van der Waals surface area contributed by atoms with Crippen LogP contribution in [0.5, 0.6) is 0 Å². The number of carbonyl (C=O) groups excluding carboxylic acids is 1. The van der Waals surface area contributed by atoms with Crippen LogP contribution in [0.1, 0.15) is 30.9 Å². The van der Waals surface area contributed by atoms with Crippen molar-refractivity contribution in [3.05, 3.63) is 35.4 Å². The van der Waals surface area contributed by atoms with E-state index >= 15 is 0 Å². The van der Waals surface area contributed by atoms with Gasteiger partial charge in [-0.1, -0.05) is 38.1 Å². The molecule has 1 fully saturated rings. The fourth-order valence-electron chi connectivity index (χ4n) is 2.11. The number of aryl methyl sites for hydroxylation is 1. The van der Waals surface area contributed by atoms with E-state index in [1.165, 1.54) is 11.1 Å². The fraction of sp³-hybridized carbons (Fsp3) is 0.533. The number of benzene rings is 1. The van der Waals surface area contributed by atoms with Gasteiger partial charge in [0.1, 0.15) is 6.29 Å². The van der Waals surface area contributed by atoms with Crippen LogP contribution >= 0.6 is 0 Å². The first-order chi connectivity index (χ1) is 8.74. The molecule has 0 radical (unpaired) electrons.